The molecule has 39 heavy (non-hydrogen) atoms. The number of nitrogens with zero attached hydrogens (tertiary/aromatic N) is 2. The maximum Gasteiger partial charge on any atom is 0.264 e. The van der Waals surface area contributed by atoms with Crippen LogP contribution in [-0.4, -0.2) is 43.3 Å². The van der Waals surface area contributed by atoms with Crippen LogP contribution in [0.3, 0.4) is 0 Å². The van der Waals surface area contributed by atoms with E-state index in [2.05, 4.69) is 21.2 Å². The number of benzene rings is 3. The molecule has 0 saturated heterocycles. The fraction of sp³-hybridized carbons (Fsp3) is 0.310. The zero-order chi connectivity index (χ0) is 29.0. The summed E-state index contributed by atoms with van der Waals surface area (Å²) >= 11 is 9.71. The monoisotopic (exact) mass is 633 g/mol. The van der Waals surface area contributed by atoms with Gasteiger partial charge in [-0.05, 0) is 82.1 Å². The third kappa shape index (κ3) is 8.06. The Hall–Kier alpha value is -2.88. The van der Waals surface area contributed by atoms with Gasteiger partial charge in [0.1, 0.15) is 12.6 Å². The first-order valence-corrected chi connectivity index (χ1v) is 15.0. The van der Waals surface area contributed by atoms with Gasteiger partial charge in [0, 0.05) is 21.6 Å². The van der Waals surface area contributed by atoms with Crippen molar-refractivity contribution < 1.29 is 18.0 Å². The summed E-state index contributed by atoms with van der Waals surface area (Å²) in [6.45, 7) is 8.53. The number of nitrogens with one attached hydrogen (secondary N) is 1. The Morgan fingerprint density at radius 3 is 2.28 bits per heavy atom. The lowest BCUT2D eigenvalue weighted by atomic mass is 10.1. The quantitative estimate of drug-likeness (QED) is 0.316. The second-order valence-corrected chi connectivity index (χ2v) is 13.5. The lowest BCUT2D eigenvalue weighted by Gasteiger charge is -2.34. The van der Waals surface area contributed by atoms with Crippen LogP contribution in [0.15, 0.2) is 82.2 Å². The smallest absolute Gasteiger partial charge is 0.264 e. The number of halogens is 2. The first kappa shape index (κ1) is 30.7. The number of hydrogen-bond acceptors (Lipinski definition) is 4. The fourth-order valence-electron chi connectivity index (χ4n) is 3.97. The van der Waals surface area contributed by atoms with Crippen molar-refractivity contribution >= 4 is 55.1 Å². The van der Waals surface area contributed by atoms with Crippen LogP contribution in [-0.2, 0) is 26.2 Å². The molecule has 0 saturated carbocycles. The molecule has 0 aromatic heterocycles. The fourth-order valence-corrected chi connectivity index (χ4v) is 6.08. The zero-order valence-corrected chi connectivity index (χ0v) is 25.8. The van der Waals surface area contributed by atoms with E-state index >= 15 is 0 Å². The molecule has 3 rings (SSSR count). The second kappa shape index (κ2) is 12.5. The third-order valence-electron chi connectivity index (χ3n) is 5.96. The van der Waals surface area contributed by atoms with Crippen LogP contribution >= 0.6 is 27.5 Å². The number of rotatable bonds is 9. The zero-order valence-electron chi connectivity index (χ0n) is 22.6. The van der Waals surface area contributed by atoms with Gasteiger partial charge in [-0.15, -0.1) is 0 Å². The lowest BCUT2D eigenvalue weighted by Crippen LogP contribution is -2.54. The molecule has 0 aliphatic carbocycles. The molecule has 7 nitrogen and oxygen atoms in total. The summed E-state index contributed by atoms with van der Waals surface area (Å²) < 4.78 is 29.6. The predicted octanol–water partition coefficient (Wildman–Crippen LogP) is 5.94. The minimum absolute atomic E-state index is 0.0363. The van der Waals surface area contributed by atoms with E-state index in [1.807, 2.05) is 45.0 Å². The molecule has 0 aliphatic rings. The molecule has 1 atom stereocenters. The van der Waals surface area contributed by atoms with Crippen LogP contribution in [0.2, 0.25) is 5.02 Å². The van der Waals surface area contributed by atoms with Crippen molar-refractivity contribution in [2.45, 2.75) is 57.6 Å². The lowest BCUT2D eigenvalue weighted by molar-refractivity contribution is -0.140. The second-order valence-electron chi connectivity index (χ2n) is 10.3. The molecule has 10 heteroatoms. The number of sulfonamides is 1. The van der Waals surface area contributed by atoms with E-state index in [-0.39, 0.29) is 23.0 Å². The van der Waals surface area contributed by atoms with E-state index in [1.165, 1.54) is 23.1 Å². The van der Waals surface area contributed by atoms with Crippen LogP contribution in [0.4, 0.5) is 5.69 Å². The molecule has 0 fully saturated rings. The van der Waals surface area contributed by atoms with Crippen molar-refractivity contribution in [2.75, 3.05) is 10.8 Å². The summed E-state index contributed by atoms with van der Waals surface area (Å²) in [4.78, 5) is 28.6. The largest absolute Gasteiger partial charge is 0.350 e. The van der Waals surface area contributed by atoms with E-state index in [0.717, 1.165) is 14.3 Å². The van der Waals surface area contributed by atoms with Crippen LogP contribution < -0.4 is 9.62 Å². The van der Waals surface area contributed by atoms with Crippen molar-refractivity contribution in [3.63, 3.8) is 0 Å². The number of carbonyl (C=O) groups excluding carboxylic acids is 2. The highest BCUT2D eigenvalue weighted by atomic mass is 79.9. The van der Waals surface area contributed by atoms with Crippen molar-refractivity contribution in [2.24, 2.45) is 0 Å². The van der Waals surface area contributed by atoms with E-state index in [4.69, 9.17) is 11.6 Å². The first-order chi connectivity index (χ1) is 18.2. The van der Waals surface area contributed by atoms with E-state index < -0.39 is 34.1 Å². The number of aryl methyl sites for hydroxylation is 1. The van der Waals surface area contributed by atoms with Crippen molar-refractivity contribution in [3.05, 3.63) is 93.4 Å². The predicted molar refractivity (Wildman–Crippen MR) is 159 cm³/mol. The van der Waals surface area contributed by atoms with Crippen molar-refractivity contribution in [1.82, 2.24) is 10.2 Å². The molecule has 0 spiro atoms. The molecule has 3 aromatic rings. The van der Waals surface area contributed by atoms with Gasteiger partial charge in [0.15, 0.2) is 0 Å². The molecule has 3 aromatic carbocycles. The van der Waals surface area contributed by atoms with E-state index in [9.17, 15) is 18.0 Å². The summed E-state index contributed by atoms with van der Waals surface area (Å²) in [5.74, 6) is -0.882. The average molecular weight is 635 g/mol. The highest BCUT2D eigenvalue weighted by Gasteiger charge is 2.34. The van der Waals surface area contributed by atoms with Crippen LogP contribution in [0.5, 0.6) is 0 Å². The van der Waals surface area contributed by atoms with Gasteiger partial charge >= 0.3 is 0 Å². The molecule has 0 bridgehead atoms. The van der Waals surface area contributed by atoms with Gasteiger partial charge in [-0.1, -0.05) is 63.9 Å². The Bertz CT molecular complexity index is 1440. The van der Waals surface area contributed by atoms with Crippen LogP contribution in [0, 0.1) is 6.92 Å². The van der Waals surface area contributed by atoms with E-state index in [0.29, 0.717) is 10.6 Å². The molecule has 0 radical (unpaired) electrons. The Balaban J connectivity index is 2.07. The topological polar surface area (TPSA) is 86.8 Å². The Labute approximate surface area is 244 Å². The van der Waals surface area contributed by atoms with Crippen LogP contribution in [0.25, 0.3) is 0 Å². The molecule has 1 N–H and O–H groups in total. The van der Waals surface area contributed by atoms with Gasteiger partial charge in [0.05, 0.1) is 10.6 Å². The standard InChI is InChI=1S/C29H33BrClN3O4S/c1-20-14-15-24(31)17-26(20)34(39(37,38)25-12-7-6-8-13-25)19-27(35)33(18-22-10-9-11-23(30)16-22)21(2)28(36)32-29(3,4)5/h6-17,21H,18-19H2,1-5H3,(H,32,36)/t21-/m1/s1. The van der Waals surface area contributed by atoms with Gasteiger partial charge in [-0.3, -0.25) is 13.9 Å². The maximum atomic E-state index is 14.0. The van der Waals surface area contributed by atoms with Gasteiger partial charge in [-0.25, -0.2) is 8.42 Å². The number of hydrogen-bond donors (Lipinski definition) is 1. The molecule has 0 aliphatic heterocycles. The summed E-state index contributed by atoms with van der Waals surface area (Å²) in [6, 6.07) is 19.3. The first-order valence-electron chi connectivity index (χ1n) is 12.4. The molecule has 0 unspecified atom stereocenters. The molecule has 0 heterocycles. The minimum atomic E-state index is -4.16. The van der Waals surface area contributed by atoms with Gasteiger partial charge < -0.3 is 10.2 Å². The molecular formula is C29H33BrClN3O4S. The number of carbonyl (C=O) groups is 2. The normalized spacial score (nSPS) is 12.5. The Morgan fingerprint density at radius 2 is 1.67 bits per heavy atom. The molecular weight excluding hydrogens is 602 g/mol. The SMILES string of the molecule is Cc1ccc(Cl)cc1N(CC(=O)N(Cc1cccc(Br)c1)[C@H](C)C(=O)NC(C)(C)C)S(=O)(=O)c1ccccc1. The number of amides is 2. The highest BCUT2D eigenvalue weighted by Crippen LogP contribution is 2.30. The molecule has 2 amide bonds. The summed E-state index contributed by atoms with van der Waals surface area (Å²) in [6.07, 6.45) is 0. The summed E-state index contributed by atoms with van der Waals surface area (Å²) in [5.41, 5.74) is 1.18. The van der Waals surface area contributed by atoms with Crippen molar-refractivity contribution in [3.8, 4) is 0 Å². The third-order valence-corrected chi connectivity index (χ3v) is 8.46. The Morgan fingerprint density at radius 1 is 1.00 bits per heavy atom. The highest BCUT2D eigenvalue weighted by molar-refractivity contribution is 9.10. The van der Waals surface area contributed by atoms with Gasteiger partial charge in [-0.2, -0.15) is 0 Å². The van der Waals surface area contributed by atoms with Crippen LogP contribution in [0.1, 0.15) is 38.8 Å². The maximum absolute atomic E-state index is 14.0. The average Bonchev–Trinajstić information content (AvgIpc) is 2.86. The van der Waals surface area contributed by atoms with E-state index in [1.54, 1.807) is 44.2 Å². The molecule has 208 valence electrons. The number of anilines is 1. The Kier molecular flexibility index (Phi) is 9.85. The van der Waals surface area contributed by atoms with Crippen molar-refractivity contribution in [1.29, 1.82) is 0 Å². The summed E-state index contributed by atoms with van der Waals surface area (Å²) in [5, 5.41) is 3.25. The van der Waals surface area contributed by atoms with Gasteiger partial charge in [0.25, 0.3) is 10.0 Å². The summed E-state index contributed by atoms with van der Waals surface area (Å²) in [7, 11) is -4.16. The van der Waals surface area contributed by atoms with Gasteiger partial charge in [0.2, 0.25) is 11.8 Å². The minimum Gasteiger partial charge on any atom is -0.350 e.